The number of fused-ring (bicyclic) bond motifs is 1. The number of benzene rings is 1. The quantitative estimate of drug-likeness (QED) is 0.809. The lowest BCUT2D eigenvalue weighted by Crippen LogP contribution is -2.17. The number of hydrogen-bond acceptors (Lipinski definition) is 2. The van der Waals surface area contributed by atoms with Gasteiger partial charge < -0.3 is 9.52 Å². The highest BCUT2D eigenvalue weighted by molar-refractivity contribution is 5.81. The van der Waals surface area contributed by atoms with Crippen molar-refractivity contribution in [2.45, 2.75) is 44.6 Å². The van der Waals surface area contributed by atoms with Gasteiger partial charge in [0.15, 0.2) is 0 Å². The lowest BCUT2D eigenvalue weighted by atomic mass is 9.86. The lowest BCUT2D eigenvalue weighted by Gasteiger charge is -2.23. The number of para-hydroxylation sites is 1. The first-order valence-corrected chi connectivity index (χ1v) is 6.41. The molecule has 2 nitrogen and oxygen atoms in total. The molecular weight excluding hydrogens is 212 g/mol. The molecule has 1 N–H and O–H groups in total. The molecule has 1 aromatic heterocycles. The smallest absolute Gasteiger partial charge is 0.137 e. The minimum atomic E-state index is -0.150. The fourth-order valence-electron chi connectivity index (χ4n) is 2.85. The minimum Gasteiger partial charge on any atom is -0.461 e. The van der Waals surface area contributed by atoms with Crippen molar-refractivity contribution >= 4 is 11.0 Å². The average molecular weight is 230 g/mol. The van der Waals surface area contributed by atoms with E-state index in [0.29, 0.717) is 5.92 Å². The van der Waals surface area contributed by atoms with Crippen LogP contribution in [-0.2, 0) is 0 Å². The summed E-state index contributed by atoms with van der Waals surface area (Å²) < 4.78 is 5.98. The molecule has 1 saturated carbocycles. The molecule has 1 heterocycles. The predicted molar refractivity (Wildman–Crippen MR) is 68.2 cm³/mol. The first-order chi connectivity index (χ1) is 8.24. The van der Waals surface area contributed by atoms with E-state index in [9.17, 15) is 5.11 Å². The van der Waals surface area contributed by atoms with E-state index in [1.54, 1.807) is 0 Å². The van der Waals surface area contributed by atoms with Crippen molar-refractivity contribution in [2.24, 2.45) is 0 Å². The maximum absolute atomic E-state index is 9.73. The second-order valence-electron chi connectivity index (χ2n) is 5.16. The molecule has 17 heavy (non-hydrogen) atoms. The van der Waals surface area contributed by atoms with Crippen molar-refractivity contribution in [3.63, 3.8) is 0 Å². The second-order valence-corrected chi connectivity index (χ2v) is 5.16. The average Bonchev–Trinajstić information content (AvgIpc) is 2.74. The highest BCUT2D eigenvalue weighted by Crippen LogP contribution is 2.36. The van der Waals surface area contributed by atoms with Gasteiger partial charge in [0.05, 0.1) is 6.10 Å². The van der Waals surface area contributed by atoms with Crippen LogP contribution in [0.4, 0.5) is 0 Å². The van der Waals surface area contributed by atoms with Gasteiger partial charge in [-0.1, -0.05) is 24.6 Å². The largest absolute Gasteiger partial charge is 0.461 e. The molecule has 3 rings (SSSR count). The number of hydrogen-bond donors (Lipinski definition) is 1. The molecule has 1 fully saturated rings. The van der Waals surface area contributed by atoms with Crippen molar-refractivity contribution < 1.29 is 9.52 Å². The Bertz CT molecular complexity index is 527. The van der Waals surface area contributed by atoms with Gasteiger partial charge in [-0.25, -0.2) is 0 Å². The highest BCUT2D eigenvalue weighted by atomic mass is 16.3. The number of aryl methyl sites for hydroxylation is 1. The van der Waals surface area contributed by atoms with E-state index >= 15 is 0 Å². The van der Waals surface area contributed by atoms with Crippen molar-refractivity contribution in [3.8, 4) is 0 Å². The summed E-state index contributed by atoms with van der Waals surface area (Å²) in [6.07, 6.45) is 3.87. The van der Waals surface area contributed by atoms with Crippen LogP contribution in [0.3, 0.4) is 0 Å². The van der Waals surface area contributed by atoms with Crippen LogP contribution in [0.2, 0.25) is 0 Å². The summed E-state index contributed by atoms with van der Waals surface area (Å²) in [7, 11) is 0. The van der Waals surface area contributed by atoms with E-state index in [1.807, 2.05) is 0 Å². The van der Waals surface area contributed by atoms with Crippen LogP contribution in [0.5, 0.6) is 0 Å². The van der Waals surface area contributed by atoms with Gasteiger partial charge in [0.1, 0.15) is 11.3 Å². The third-order valence-corrected chi connectivity index (χ3v) is 3.81. The SMILES string of the molecule is Cc1cccc2cc(C3CCCC(O)C3)oc12. The summed E-state index contributed by atoms with van der Waals surface area (Å²) in [6.45, 7) is 2.07. The van der Waals surface area contributed by atoms with Crippen LogP contribution < -0.4 is 0 Å². The van der Waals surface area contributed by atoms with Crippen molar-refractivity contribution in [3.05, 3.63) is 35.6 Å². The third-order valence-electron chi connectivity index (χ3n) is 3.81. The maximum atomic E-state index is 9.73. The van der Waals surface area contributed by atoms with E-state index < -0.39 is 0 Å². The number of furan rings is 1. The van der Waals surface area contributed by atoms with Crippen molar-refractivity contribution in [1.82, 2.24) is 0 Å². The summed E-state index contributed by atoms with van der Waals surface area (Å²) in [5.41, 5.74) is 2.19. The van der Waals surface area contributed by atoms with Crippen LogP contribution in [0.1, 0.15) is 42.9 Å². The van der Waals surface area contributed by atoms with Crippen LogP contribution >= 0.6 is 0 Å². The Balaban J connectivity index is 1.97. The van der Waals surface area contributed by atoms with E-state index in [1.165, 1.54) is 10.9 Å². The topological polar surface area (TPSA) is 33.4 Å². The number of rotatable bonds is 1. The zero-order valence-electron chi connectivity index (χ0n) is 10.1. The Morgan fingerprint density at radius 1 is 1.29 bits per heavy atom. The monoisotopic (exact) mass is 230 g/mol. The minimum absolute atomic E-state index is 0.150. The molecule has 1 aromatic carbocycles. The molecule has 1 aliphatic rings. The normalized spacial score (nSPS) is 25.3. The van der Waals surface area contributed by atoms with Crippen LogP contribution in [0.25, 0.3) is 11.0 Å². The molecule has 0 spiro atoms. The Labute approximate surface area is 101 Å². The fourth-order valence-corrected chi connectivity index (χ4v) is 2.85. The summed E-state index contributed by atoms with van der Waals surface area (Å²) in [6, 6.07) is 8.37. The zero-order chi connectivity index (χ0) is 11.8. The molecular formula is C15H18O2. The fraction of sp³-hybridized carbons (Fsp3) is 0.467. The summed E-state index contributed by atoms with van der Waals surface area (Å²) in [5, 5.41) is 10.9. The van der Waals surface area contributed by atoms with Crippen LogP contribution in [-0.4, -0.2) is 11.2 Å². The zero-order valence-corrected chi connectivity index (χ0v) is 10.1. The molecule has 0 radical (unpaired) electrons. The van der Waals surface area contributed by atoms with E-state index in [2.05, 4.69) is 31.2 Å². The van der Waals surface area contributed by atoms with Gasteiger partial charge in [0.25, 0.3) is 0 Å². The van der Waals surface area contributed by atoms with Gasteiger partial charge in [-0.2, -0.15) is 0 Å². The highest BCUT2D eigenvalue weighted by Gasteiger charge is 2.24. The van der Waals surface area contributed by atoms with E-state index in [0.717, 1.165) is 37.0 Å². The Kier molecular flexibility index (Phi) is 2.67. The predicted octanol–water partition coefficient (Wildman–Crippen LogP) is 3.76. The summed E-state index contributed by atoms with van der Waals surface area (Å²) in [5.74, 6) is 1.44. The Morgan fingerprint density at radius 3 is 2.94 bits per heavy atom. The molecule has 0 amide bonds. The van der Waals surface area contributed by atoms with Gasteiger partial charge in [-0.15, -0.1) is 0 Å². The molecule has 90 valence electrons. The summed E-state index contributed by atoms with van der Waals surface area (Å²) >= 11 is 0. The van der Waals surface area contributed by atoms with Gasteiger partial charge in [0.2, 0.25) is 0 Å². The van der Waals surface area contributed by atoms with Gasteiger partial charge in [0, 0.05) is 11.3 Å². The van der Waals surface area contributed by atoms with Gasteiger partial charge in [-0.05, 0) is 37.8 Å². The Hall–Kier alpha value is -1.28. The molecule has 1 aliphatic carbocycles. The molecule has 2 heteroatoms. The lowest BCUT2D eigenvalue weighted by molar-refractivity contribution is 0.115. The molecule has 0 aliphatic heterocycles. The molecule has 2 atom stereocenters. The van der Waals surface area contributed by atoms with Gasteiger partial charge in [-0.3, -0.25) is 0 Å². The van der Waals surface area contributed by atoms with E-state index in [-0.39, 0.29) is 6.10 Å². The van der Waals surface area contributed by atoms with E-state index in [4.69, 9.17) is 4.42 Å². The summed E-state index contributed by atoms with van der Waals surface area (Å²) in [4.78, 5) is 0. The van der Waals surface area contributed by atoms with Gasteiger partial charge >= 0.3 is 0 Å². The maximum Gasteiger partial charge on any atom is 0.137 e. The third kappa shape index (κ3) is 1.98. The van der Waals surface area contributed by atoms with Crippen LogP contribution in [0, 0.1) is 6.92 Å². The second kappa shape index (κ2) is 4.19. The first kappa shape index (κ1) is 10.8. The number of aliphatic hydroxyl groups is 1. The molecule has 2 unspecified atom stereocenters. The number of aliphatic hydroxyl groups excluding tert-OH is 1. The Morgan fingerprint density at radius 2 is 2.18 bits per heavy atom. The molecule has 0 saturated heterocycles. The molecule has 2 aromatic rings. The van der Waals surface area contributed by atoms with Crippen LogP contribution in [0.15, 0.2) is 28.7 Å². The first-order valence-electron chi connectivity index (χ1n) is 6.41. The van der Waals surface area contributed by atoms with Crippen molar-refractivity contribution in [1.29, 1.82) is 0 Å². The standard InChI is InChI=1S/C15H18O2/c1-10-4-2-6-12-9-14(17-15(10)12)11-5-3-7-13(16)8-11/h2,4,6,9,11,13,16H,3,5,7-8H2,1H3. The van der Waals surface area contributed by atoms with Crippen molar-refractivity contribution in [2.75, 3.05) is 0 Å². The molecule has 0 bridgehead atoms.